The first-order chi connectivity index (χ1) is 8.96. The molecule has 1 aromatic rings. The summed E-state index contributed by atoms with van der Waals surface area (Å²) in [6.07, 6.45) is 6.33. The van der Waals surface area contributed by atoms with Crippen LogP contribution in [0, 0.1) is 0 Å². The molecule has 6 nitrogen and oxygen atoms in total. The molecule has 0 bridgehead atoms. The third-order valence-electron chi connectivity index (χ3n) is 3.60. The largest absolute Gasteiger partial charge is 0.381 e. The van der Waals surface area contributed by atoms with Gasteiger partial charge in [-0.25, -0.2) is 8.42 Å². The Morgan fingerprint density at radius 3 is 2.79 bits per heavy atom. The Labute approximate surface area is 114 Å². The summed E-state index contributed by atoms with van der Waals surface area (Å²) in [6.45, 7) is 2.67. The van der Waals surface area contributed by atoms with Crippen LogP contribution < -0.4 is 5.73 Å². The average Bonchev–Trinajstić information content (AvgIpc) is 2.70. The fourth-order valence-electron chi connectivity index (χ4n) is 2.72. The van der Waals surface area contributed by atoms with E-state index in [9.17, 15) is 8.42 Å². The van der Waals surface area contributed by atoms with E-state index in [1.165, 1.54) is 10.9 Å². The van der Waals surface area contributed by atoms with E-state index < -0.39 is 10.0 Å². The number of rotatable bonds is 4. The Kier molecular flexibility index (Phi) is 4.15. The molecular formula is C12H22N4O2S. The lowest BCUT2D eigenvalue weighted by atomic mass is 10.0. The molecule has 1 unspecified atom stereocenters. The minimum atomic E-state index is -3.52. The summed E-state index contributed by atoms with van der Waals surface area (Å²) in [7, 11) is -1.84. The van der Waals surface area contributed by atoms with Gasteiger partial charge in [-0.1, -0.05) is 19.8 Å². The van der Waals surface area contributed by atoms with E-state index in [1.54, 1.807) is 11.4 Å². The van der Waals surface area contributed by atoms with Crippen molar-refractivity contribution in [3.8, 4) is 0 Å². The Hall–Kier alpha value is -1.08. The van der Waals surface area contributed by atoms with Crippen molar-refractivity contribution in [3.63, 3.8) is 0 Å². The van der Waals surface area contributed by atoms with Crippen LogP contribution in [0.5, 0.6) is 0 Å². The van der Waals surface area contributed by atoms with E-state index in [-0.39, 0.29) is 16.8 Å². The molecule has 1 aliphatic rings. The molecule has 0 aliphatic carbocycles. The highest BCUT2D eigenvalue weighted by Gasteiger charge is 2.35. The lowest BCUT2D eigenvalue weighted by Gasteiger charge is -2.34. The molecule has 1 fully saturated rings. The third kappa shape index (κ3) is 2.76. The van der Waals surface area contributed by atoms with Crippen molar-refractivity contribution in [2.45, 2.75) is 50.0 Å². The molecule has 108 valence electrons. The summed E-state index contributed by atoms with van der Waals surface area (Å²) >= 11 is 0. The van der Waals surface area contributed by atoms with E-state index in [0.717, 1.165) is 32.1 Å². The number of aryl methyl sites for hydroxylation is 1. The van der Waals surface area contributed by atoms with Crippen molar-refractivity contribution >= 4 is 15.8 Å². The van der Waals surface area contributed by atoms with Gasteiger partial charge in [0, 0.05) is 25.8 Å². The van der Waals surface area contributed by atoms with Gasteiger partial charge in [0.15, 0.2) is 5.82 Å². The molecule has 19 heavy (non-hydrogen) atoms. The Morgan fingerprint density at radius 2 is 2.21 bits per heavy atom. The highest BCUT2D eigenvalue weighted by molar-refractivity contribution is 7.89. The van der Waals surface area contributed by atoms with Crippen molar-refractivity contribution in [1.82, 2.24) is 14.1 Å². The molecule has 0 saturated carbocycles. The minimum Gasteiger partial charge on any atom is -0.381 e. The molecular weight excluding hydrogens is 264 g/mol. The normalized spacial score (nSPS) is 21.7. The van der Waals surface area contributed by atoms with Crippen LogP contribution in [0.15, 0.2) is 11.1 Å². The van der Waals surface area contributed by atoms with Crippen LogP contribution in [0.4, 0.5) is 5.82 Å². The molecule has 2 N–H and O–H groups in total. The molecule has 0 aromatic carbocycles. The quantitative estimate of drug-likeness (QED) is 0.905. The Morgan fingerprint density at radius 1 is 1.47 bits per heavy atom. The van der Waals surface area contributed by atoms with Crippen molar-refractivity contribution in [3.05, 3.63) is 6.20 Å². The van der Waals surface area contributed by atoms with E-state index in [0.29, 0.717) is 6.54 Å². The maximum absolute atomic E-state index is 12.7. The fraction of sp³-hybridized carbons (Fsp3) is 0.750. The number of hydrogen-bond donors (Lipinski definition) is 1. The number of nitrogen functional groups attached to an aromatic ring is 1. The first-order valence-corrected chi connectivity index (χ1v) is 8.21. The molecule has 0 radical (unpaired) electrons. The van der Waals surface area contributed by atoms with Crippen LogP contribution in [0.25, 0.3) is 0 Å². The van der Waals surface area contributed by atoms with Crippen molar-refractivity contribution < 1.29 is 8.42 Å². The van der Waals surface area contributed by atoms with Gasteiger partial charge in [0.1, 0.15) is 4.90 Å². The number of sulfonamides is 1. The van der Waals surface area contributed by atoms with Gasteiger partial charge >= 0.3 is 0 Å². The molecule has 0 amide bonds. The molecule has 1 saturated heterocycles. The summed E-state index contributed by atoms with van der Waals surface area (Å²) in [6, 6.07) is 0.100. The van der Waals surface area contributed by atoms with Crippen molar-refractivity contribution in [2.24, 2.45) is 7.05 Å². The van der Waals surface area contributed by atoms with Crippen LogP contribution in [0.1, 0.15) is 39.0 Å². The molecule has 2 heterocycles. The SMILES string of the molecule is CCCC1CCCCN1S(=O)(=O)c1cn(C)nc1N. The van der Waals surface area contributed by atoms with Crippen LogP contribution >= 0.6 is 0 Å². The van der Waals surface area contributed by atoms with E-state index in [2.05, 4.69) is 12.0 Å². The number of hydrogen-bond acceptors (Lipinski definition) is 4. The zero-order chi connectivity index (χ0) is 14.0. The molecule has 0 spiro atoms. The fourth-order valence-corrected chi connectivity index (χ4v) is 4.54. The highest BCUT2D eigenvalue weighted by Crippen LogP contribution is 2.29. The lowest BCUT2D eigenvalue weighted by Crippen LogP contribution is -2.43. The van der Waals surface area contributed by atoms with Crippen LogP contribution in [0.2, 0.25) is 0 Å². The summed E-state index contributed by atoms with van der Waals surface area (Å²) in [4.78, 5) is 0.137. The summed E-state index contributed by atoms with van der Waals surface area (Å²) in [5.74, 6) is 0.0864. The number of piperidine rings is 1. The minimum absolute atomic E-state index is 0.0864. The number of anilines is 1. The van der Waals surface area contributed by atoms with E-state index >= 15 is 0 Å². The molecule has 2 rings (SSSR count). The predicted octanol–water partition coefficient (Wildman–Crippen LogP) is 1.35. The monoisotopic (exact) mass is 286 g/mol. The summed E-state index contributed by atoms with van der Waals surface area (Å²) < 4.78 is 28.5. The maximum atomic E-state index is 12.7. The van der Waals surface area contributed by atoms with Crippen LogP contribution in [0.3, 0.4) is 0 Å². The molecule has 1 atom stereocenters. The molecule has 1 aromatic heterocycles. The lowest BCUT2D eigenvalue weighted by molar-refractivity contribution is 0.239. The maximum Gasteiger partial charge on any atom is 0.248 e. The van der Waals surface area contributed by atoms with E-state index in [1.807, 2.05) is 0 Å². The van der Waals surface area contributed by atoms with Gasteiger partial charge in [0.05, 0.1) is 0 Å². The Balaban J connectivity index is 2.34. The van der Waals surface area contributed by atoms with Crippen molar-refractivity contribution in [2.75, 3.05) is 12.3 Å². The third-order valence-corrected chi connectivity index (χ3v) is 5.57. The van der Waals surface area contributed by atoms with Gasteiger partial charge in [-0.3, -0.25) is 4.68 Å². The smallest absolute Gasteiger partial charge is 0.248 e. The van der Waals surface area contributed by atoms with Gasteiger partial charge < -0.3 is 5.73 Å². The van der Waals surface area contributed by atoms with E-state index in [4.69, 9.17) is 5.73 Å². The molecule has 1 aliphatic heterocycles. The first-order valence-electron chi connectivity index (χ1n) is 6.77. The van der Waals surface area contributed by atoms with Gasteiger partial charge in [-0.15, -0.1) is 0 Å². The second kappa shape index (κ2) is 5.50. The first kappa shape index (κ1) is 14.3. The average molecular weight is 286 g/mol. The second-order valence-corrected chi connectivity index (χ2v) is 6.97. The zero-order valence-electron chi connectivity index (χ0n) is 11.5. The Bertz CT molecular complexity index is 536. The second-order valence-electron chi connectivity index (χ2n) is 5.11. The van der Waals surface area contributed by atoms with Crippen molar-refractivity contribution in [1.29, 1.82) is 0 Å². The number of nitrogens with two attached hydrogens (primary N) is 1. The summed E-state index contributed by atoms with van der Waals surface area (Å²) in [5, 5.41) is 3.93. The van der Waals surface area contributed by atoms with Gasteiger partial charge in [0.2, 0.25) is 10.0 Å². The standard InChI is InChI=1S/C12H22N4O2S/c1-3-6-10-7-4-5-8-16(10)19(17,18)11-9-15(2)14-12(11)13/h9-10H,3-8H2,1-2H3,(H2,13,14). The van der Waals surface area contributed by atoms with Gasteiger partial charge in [-0.2, -0.15) is 9.40 Å². The van der Waals surface area contributed by atoms with Gasteiger partial charge in [0.25, 0.3) is 0 Å². The zero-order valence-corrected chi connectivity index (χ0v) is 12.4. The van der Waals surface area contributed by atoms with Crippen LogP contribution in [-0.4, -0.2) is 35.1 Å². The summed E-state index contributed by atoms with van der Waals surface area (Å²) in [5.41, 5.74) is 5.72. The van der Waals surface area contributed by atoms with Crippen LogP contribution in [-0.2, 0) is 17.1 Å². The van der Waals surface area contributed by atoms with Gasteiger partial charge in [-0.05, 0) is 19.3 Å². The number of aromatic nitrogens is 2. The highest BCUT2D eigenvalue weighted by atomic mass is 32.2. The number of nitrogens with zero attached hydrogens (tertiary/aromatic N) is 3. The predicted molar refractivity (Wildman–Crippen MR) is 74.1 cm³/mol. The molecule has 7 heteroatoms. The topological polar surface area (TPSA) is 81.2 Å².